The predicted molar refractivity (Wildman–Crippen MR) is 81.4 cm³/mol. The van der Waals surface area contributed by atoms with Gasteiger partial charge in [-0.15, -0.1) is 0 Å². The lowest BCUT2D eigenvalue weighted by atomic mass is 10.2. The van der Waals surface area contributed by atoms with Gasteiger partial charge in [-0.3, -0.25) is 0 Å². The molecule has 0 atom stereocenters. The number of esters is 2. The molecule has 0 radical (unpaired) electrons. The van der Waals surface area contributed by atoms with Crippen molar-refractivity contribution in [2.45, 2.75) is 0 Å². The normalized spacial score (nSPS) is 10.8. The molecule has 0 saturated heterocycles. The summed E-state index contributed by atoms with van der Waals surface area (Å²) >= 11 is 9.36. The number of carbonyl (C=O) groups excluding carboxylic acids is 2. The number of rotatable bonds is 5. The Bertz CT molecular complexity index is 588. The topological polar surface area (TPSA) is 73.9 Å². The lowest BCUT2D eigenvalue weighted by Gasteiger charge is -2.13. The molecule has 0 aliphatic heterocycles. The third kappa shape index (κ3) is 4.64. The highest BCUT2D eigenvalue weighted by atomic mass is 79.9. The minimum Gasteiger partial charge on any atom is -0.495 e. The first-order valence-corrected chi connectivity index (χ1v) is 6.78. The first kappa shape index (κ1) is 17.3. The second-order valence-corrected chi connectivity index (χ2v) is 4.93. The molecule has 0 fully saturated rings. The van der Waals surface area contributed by atoms with Gasteiger partial charge in [0.25, 0.3) is 0 Å². The zero-order valence-corrected chi connectivity index (χ0v) is 13.9. The van der Waals surface area contributed by atoms with Crippen LogP contribution in [-0.2, 0) is 19.1 Å². The zero-order valence-electron chi connectivity index (χ0n) is 11.5. The molecule has 0 amide bonds. The van der Waals surface area contributed by atoms with Crippen molar-refractivity contribution in [2.24, 2.45) is 0 Å². The smallest absolute Gasteiger partial charge is 0.354 e. The van der Waals surface area contributed by atoms with Crippen LogP contribution < -0.4 is 10.1 Å². The summed E-state index contributed by atoms with van der Waals surface area (Å²) in [7, 11) is 3.88. The highest BCUT2D eigenvalue weighted by molar-refractivity contribution is 9.10. The lowest BCUT2D eigenvalue weighted by Crippen LogP contribution is -2.15. The molecule has 0 heterocycles. The van der Waals surface area contributed by atoms with Crippen LogP contribution in [0.1, 0.15) is 0 Å². The maximum absolute atomic E-state index is 11.7. The van der Waals surface area contributed by atoms with Gasteiger partial charge in [0.15, 0.2) is 0 Å². The molecule has 0 aliphatic carbocycles. The third-order valence-electron chi connectivity index (χ3n) is 2.38. The van der Waals surface area contributed by atoms with Crippen LogP contribution in [0.5, 0.6) is 5.75 Å². The van der Waals surface area contributed by atoms with Gasteiger partial charge in [0.1, 0.15) is 11.4 Å². The van der Waals surface area contributed by atoms with Gasteiger partial charge in [-0.1, -0.05) is 11.6 Å². The Labute approximate surface area is 135 Å². The Kier molecular flexibility index (Phi) is 6.51. The van der Waals surface area contributed by atoms with Crippen molar-refractivity contribution in [3.8, 4) is 5.75 Å². The predicted octanol–water partition coefficient (Wildman–Crippen LogP) is 2.75. The van der Waals surface area contributed by atoms with Crippen LogP contribution >= 0.6 is 27.5 Å². The van der Waals surface area contributed by atoms with Crippen LogP contribution in [0.3, 0.4) is 0 Å². The van der Waals surface area contributed by atoms with E-state index in [-0.39, 0.29) is 5.70 Å². The fourth-order valence-electron chi connectivity index (χ4n) is 1.36. The molecule has 1 rings (SSSR count). The van der Waals surface area contributed by atoms with Crippen molar-refractivity contribution in [1.82, 2.24) is 0 Å². The Morgan fingerprint density at radius 2 is 1.90 bits per heavy atom. The van der Waals surface area contributed by atoms with Gasteiger partial charge < -0.3 is 19.5 Å². The summed E-state index contributed by atoms with van der Waals surface area (Å²) in [6.45, 7) is 0. The fraction of sp³-hybridized carbons (Fsp3) is 0.231. The minimum absolute atomic E-state index is 0.115. The van der Waals surface area contributed by atoms with Crippen molar-refractivity contribution < 1.29 is 23.8 Å². The minimum atomic E-state index is -0.738. The van der Waals surface area contributed by atoms with E-state index in [0.717, 1.165) is 6.08 Å². The summed E-state index contributed by atoms with van der Waals surface area (Å²) < 4.78 is 14.9. The average Bonchev–Trinajstić information content (AvgIpc) is 2.47. The molecular formula is C13H13BrClNO5. The first-order valence-electron chi connectivity index (χ1n) is 5.61. The SMILES string of the molecule is COC(=O)/C=C(/Nc1cc(OC)c(Br)cc1Cl)C(=O)OC. The Hall–Kier alpha value is -1.73. The number of anilines is 1. The fourth-order valence-corrected chi connectivity index (χ4v) is 2.21. The quantitative estimate of drug-likeness (QED) is 0.627. The van der Waals surface area contributed by atoms with Crippen molar-refractivity contribution in [3.05, 3.63) is 33.4 Å². The summed E-state index contributed by atoms with van der Waals surface area (Å²) in [4.78, 5) is 22.9. The lowest BCUT2D eigenvalue weighted by molar-refractivity contribution is -0.138. The maximum Gasteiger partial charge on any atom is 0.354 e. The molecule has 1 N–H and O–H groups in total. The molecule has 1 aromatic rings. The van der Waals surface area contributed by atoms with Crippen molar-refractivity contribution in [3.63, 3.8) is 0 Å². The molecule has 0 aliphatic rings. The van der Waals surface area contributed by atoms with E-state index in [4.69, 9.17) is 16.3 Å². The monoisotopic (exact) mass is 377 g/mol. The van der Waals surface area contributed by atoms with E-state index in [2.05, 4.69) is 30.7 Å². The first-order chi connectivity index (χ1) is 9.92. The highest BCUT2D eigenvalue weighted by Gasteiger charge is 2.15. The van der Waals surface area contributed by atoms with Gasteiger partial charge in [-0.2, -0.15) is 0 Å². The summed E-state index contributed by atoms with van der Waals surface area (Å²) in [5.41, 5.74) is 0.257. The number of methoxy groups -OCH3 is 3. The van der Waals surface area contributed by atoms with E-state index in [0.29, 0.717) is 20.9 Å². The van der Waals surface area contributed by atoms with Crippen LogP contribution in [0.4, 0.5) is 5.69 Å². The van der Waals surface area contributed by atoms with E-state index in [1.54, 1.807) is 12.1 Å². The molecule has 0 aromatic heterocycles. The number of halogens is 2. The number of hydrogen-bond donors (Lipinski definition) is 1. The molecule has 0 bridgehead atoms. The van der Waals surface area contributed by atoms with Gasteiger partial charge >= 0.3 is 11.9 Å². The standard InChI is InChI=1S/C13H13BrClNO5/c1-19-11-5-9(8(15)4-7(11)14)16-10(13(18)21-3)6-12(17)20-2/h4-6,16H,1-3H3/b10-6+. The second-order valence-electron chi connectivity index (χ2n) is 3.66. The molecule has 1 aromatic carbocycles. The van der Waals surface area contributed by atoms with E-state index in [1.165, 1.54) is 21.3 Å². The number of carbonyl (C=O) groups is 2. The van der Waals surface area contributed by atoms with Crippen LogP contribution in [-0.4, -0.2) is 33.3 Å². The van der Waals surface area contributed by atoms with Crippen molar-refractivity contribution in [2.75, 3.05) is 26.6 Å². The van der Waals surface area contributed by atoms with E-state index in [9.17, 15) is 9.59 Å². The molecule has 114 valence electrons. The Balaban J connectivity index is 3.18. The van der Waals surface area contributed by atoms with Crippen molar-refractivity contribution >= 4 is 45.2 Å². The highest BCUT2D eigenvalue weighted by Crippen LogP contribution is 2.34. The molecule has 0 saturated carbocycles. The second kappa shape index (κ2) is 7.90. The largest absolute Gasteiger partial charge is 0.495 e. The van der Waals surface area contributed by atoms with Gasteiger partial charge in [-0.25, -0.2) is 9.59 Å². The number of nitrogens with one attached hydrogen (secondary N) is 1. The zero-order chi connectivity index (χ0) is 16.0. The van der Waals surface area contributed by atoms with Crippen LogP contribution in [0, 0.1) is 0 Å². The van der Waals surface area contributed by atoms with E-state index in [1.807, 2.05) is 0 Å². The summed E-state index contributed by atoms with van der Waals surface area (Å²) in [5, 5.41) is 3.04. The molecule has 21 heavy (non-hydrogen) atoms. The Morgan fingerprint density at radius 3 is 2.43 bits per heavy atom. The Morgan fingerprint density at radius 1 is 1.24 bits per heavy atom. The van der Waals surface area contributed by atoms with Crippen molar-refractivity contribution in [1.29, 1.82) is 0 Å². The average molecular weight is 379 g/mol. The number of benzene rings is 1. The van der Waals surface area contributed by atoms with Gasteiger partial charge in [0, 0.05) is 6.07 Å². The van der Waals surface area contributed by atoms with Crippen LogP contribution in [0.15, 0.2) is 28.4 Å². The van der Waals surface area contributed by atoms with E-state index >= 15 is 0 Å². The van der Waals surface area contributed by atoms with Gasteiger partial charge in [0.2, 0.25) is 0 Å². The molecule has 0 unspecified atom stereocenters. The summed E-state index contributed by atoms with van der Waals surface area (Å²) in [6.07, 6.45) is 0.969. The molecule has 0 spiro atoms. The number of ether oxygens (including phenoxy) is 3. The van der Waals surface area contributed by atoms with Crippen LogP contribution in [0.2, 0.25) is 5.02 Å². The number of hydrogen-bond acceptors (Lipinski definition) is 6. The molecular weight excluding hydrogens is 366 g/mol. The maximum atomic E-state index is 11.7. The van der Waals surface area contributed by atoms with Gasteiger partial charge in [-0.05, 0) is 22.0 Å². The summed E-state index contributed by atoms with van der Waals surface area (Å²) in [5.74, 6) is -0.939. The van der Waals surface area contributed by atoms with E-state index < -0.39 is 11.9 Å². The molecule has 6 nitrogen and oxygen atoms in total. The molecule has 8 heteroatoms. The third-order valence-corrected chi connectivity index (χ3v) is 3.31. The van der Waals surface area contributed by atoms with Crippen LogP contribution in [0.25, 0.3) is 0 Å². The summed E-state index contributed by atoms with van der Waals surface area (Å²) in [6, 6.07) is 3.16. The van der Waals surface area contributed by atoms with Gasteiger partial charge in [0.05, 0.1) is 42.6 Å².